The molecule has 0 aliphatic heterocycles. The lowest BCUT2D eigenvalue weighted by Crippen LogP contribution is -2.30. The summed E-state index contributed by atoms with van der Waals surface area (Å²) in [7, 11) is -1.47. The highest BCUT2D eigenvalue weighted by molar-refractivity contribution is 6.70. The van der Waals surface area contributed by atoms with E-state index in [-0.39, 0.29) is 6.10 Å². The monoisotopic (exact) mass is 262 g/mol. The first-order chi connectivity index (χ1) is 7.03. The molecule has 1 unspecified atom stereocenters. The fourth-order valence-electron chi connectivity index (χ4n) is 1.23. The number of rotatable bonds is 6. The molecular formula is C11H26O3Si2. The standard InChI is InChI=1S/C11H26O3Si2/c1-10(13-15(3,4)5)9-11(12-2)14-16(6,7)8/h9-10H,1-8H3/b11-9+. The second kappa shape index (κ2) is 5.88. The van der Waals surface area contributed by atoms with E-state index in [4.69, 9.17) is 13.6 Å². The fraction of sp³-hybridized carbons (Fsp3) is 0.818. The van der Waals surface area contributed by atoms with Gasteiger partial charge in [-0.05, 0) is 46.2 Å². The Kier molecular flexibility index (Phi) is 5.79. The summed E-state index contributed by atoms with van der Waals surface area (Å²) in [6.45, 7) is 14.9. The third kappa shape index (κ3) is 9.00. The van der Waals surface area contributed by atoms with Gasteiger partial charge in [-0.15, -0.1) is 0 Å². The molecule has 0 aromatic carbocycles. The Labute approximate surface area is 102 Å². The van der Waals surface area contributed by atoms with E-state index >= 15 is 0 Å². The molecule has 0 saturated heterocycles. The van der Waals surface area contributed by atoms with Crippen LogP contribution in [0.2, 0.25) is 39.3 Å². The fourth-order valence-corrected chi connectivity index (χ4v) is 3.17. The molecule has 0 aromatic rings. The van der Waals surface area contributed by atoms with Gasteiger partial charge in [0.2, 0.25) is 8.32 Å². The topological polar surface area (TPSA) is 27.7 Å². The van der Waals surface area contributed by atoms with Crippen molar-refractivity contribution in [2.45, 2.75) is 52.3 Å². The van der Waals surface area contributed by atoms with Gasteiger partial charge in [0.05, 0.1) is 13.2 Å². The van der Waals surface area contributed by atoms with Crippen molar-refractivity contribution in [2.24, 2.45) is 0 Å². The summed E-state index contributed by atoms with van der Waals surface area (Å²) in [5.41, 5.74) is 0. The molecule has 0 aliphatic carbocycles. The van der Waals surface area contributed by atoms with Crippen molar-refractivity contribution in [1.29, 1.82) is 0 Å². The van der Waals surface area contributed by atoms with E-state index in [1.54, 1.807) is 7.11 Å². The maximum atomic E-state index is 5.90. The maximum absolute atomic E-state index is 5.90. The first-order valence-corrected chi connectivity index (χ1v) is 12.5. The van der Waals surface area contributed by atoms with Gasteiger partial charge in [0, 0.05) is 6.08 Å². The minimum Gasteiger partial charge on any atom is -0.520 e. The van der Waals surface area contributed by atoms with E-state index in [0.29, 0.717) is 5.95 Å². The highest BCUT2D eigenvalue weighted by Crippen LogP contribution is 2.14. The third-order valence-corrected chi connectivity index (χ3v) is 3.41. The average molecular weight is 262 g/mol. The van der Waals surface area contributed by atoms with Crippen LogP contribution in [-0.4, -0.2) is 29.8 Å². The van der Waals surface area contributed by atoms with Crippen molar-refractivity contribution < 1.29 is 13.6 Å². The van der Waals surface area contributed by atoms with Crippen LogP contribution in [0.5, 0.6) is 0 Å². The molecule has 5 heteroatoms. The molecule has 0 spiro atoms. The van der Waals surface area contributed by atoms with Crippen LogP contribution in [0.4, 0.5) is 0 Å². The largest absolute Gasteiger partial charge is 0.520 e. The number of hydrogen-bond donors (Lipinski definition) is 0. The molecule has 96 valence electrons. The summed E-state index contributed by atoms with van der Waals surface area (Å²) in [6, 6.07) is 0. The lowest BCUT2D eigenvalue weighted by molar-refractivity contribution is 0.137. The Morgan fingerprint density at radius 1 is 1.00 bits per heavy atom. The highest BCUT2D eigenvalue weighted by Gasteiger charge is 2.21. The van der Waals surface area contributed by atoms with Gasteiger partial charge in [-0.25, -0.2) is 0 Å². The molecule has 0 saturated carbocycles. The number of hydrogen-bond acceptors (Lipinski definition) is 3. The van der Waals surface area contributed by atoms with Gasteiger partial charge in [-0.3, -0.25) is 0 Å². The zero-order chi connectivity index (χ0) is 13.0. The predicted molar refractivity (Wildman–Crippen MR) is 73.4 cm³/mol. The van der Waals surface area contributed by atoms with E-state index in [0.717, 1.165) is 0 Å². The van der Waals surface area contributed by atoms with Crippen LogP contribution >= 0.6 is 0 Å². The summed E-state index contributed by atoms with van der Waals surface area (Å²) < 4.78 is 16.9. The zero-order valence-electron chi connectivity index (χ0n) is 11.9. The van der Waals surface area contributed by atoms with Gasteiger partial charge in [0.25, 0.3) is 5.95 Å². The Balaban J connectivity index is 4.46. The minimum atomic E-state index is -1.60. The molecule has 0 rings (SSSR count). The third-order valence-electron chi connectivity index (χ3n) is 1.52. The molecule has 16 heavy (non-hydrogen) atoms. The quantitative estimate of drug-likeness (QED) is 0.541. The molecule has 0 aliphatic rings. The lowest BCUT2D eigenvalue weighted by Gasteiger charge is -2.24. The Hall–Kier alpha value is -0.266. The number of ether oxygens (including phenoxy) is 1. The second-order valence-corrected chi connectivity index (χ2v) is 14.7. The van der Waals surface area contributed by atoms with E-state index < -0.39 is 16.6 Å². The molecule has 1 atom stereocenters. The first-order valence-electron chi connectivity index (χ1n) is 5.66. The van der Waals surface area contributed by atoms with Crippen LogP contribution < -0.4 is 0 Å². The summed E-state index contributed by atoms with van der Waals surface area (Å²) in [6.07, 6.45) is 1.95. The molecule has 0 fully saturated rings. The summed E-state index contributed by atoms with van der Waals surface area (Å²) in [5, 5.41) is 0. The molecule has 0 radical (unpaired) electrons. The van der Waals surface area contributed by atoms with E-state index in [1.807, 2.05) is 13.0 Å². The Bertz CT molecular complexity index is 239. The normalized spacial score (nSPS) is 15.9. The smallest absolute Gasteiger partial charge is 0.263 e. The highest BCUT2D eigenvalue weighted by atomic mass is 28.4. The van der Waals surface area contributed by atoms with Crippen molar-refractivity contribution in [1.82, 2.24) is 0 Å². The molecule has 0 bridgehead atoms. The molecule has 0 aromatic heterocycles. The Morgan fingerprint density at radius 2 is 1.50 bits per heavy atom. The van der Waals surface area contributed by atoms with Crippen LogP contribution in [-0.2, 0) is 13.6 Å². The SMILES string of the molecule is CO/C(=C\C(C)O[Si](C)(C)C)O[Si](C)(C)C. The number of methoxy groups -OCH3 is 1. The summed E-state index contributed by atoms with van der Waals surface area (Å²) in [5.74, 6) is 0.588. The van der Waals surface area contributed by atoms with Crippen molar-refractivity contribution >= 4 is 16.6 Å². The van der Waals surface area contributed by atoms with Crippen molar-refractivity contribution in [2.75, 3.05) is 7.11 Å². The van der Waals surface area contributed by atoms with Gasteiger partial charge in [-0.2, -0.15) is 0 Å². The second-order valence-electron chi connectivity index (χ2n) is 5.84. The van der Waals surface area contributed by atoms with Crippen LogP contribution in [0.3, 0.4) is 0 Å². The van der Waals surface area contributed by atoms with Crippen molar-refractivity contribution in [3.63, 3.8) is 0 Å². The minimum absolute atomic E-state index is 0.0398. The average Bonchev–Trinajstić information content (AvgIpc) is 1.96. The van der Waals surface area contributed by atoms with Crippen LogP contribution in [0, 0.1) is 0 Å². The van der Waals surface area contributed by atoms with Crippen molar-refractivity contribution in [3.05, 3.63) is 12.0 Å². The molecule has 0 N–H and O–H groups in total. The maximum Gasteiger partial charge on any atom is 0.263 e. The van der Waals surface area contributed by atoms with Gasteiger partial charge >= 0.3 is 0 Å². The van der Waals surface area contributed by atoms with Crippen LogP contribution in [0.15, 0.2) is 12.0 Å². The molecular weight excluding hydrogens is 236 g/mol. The van der Waals surface area contributed by atoms with Gasteiger partial charge < -0.3 is 13.6 Å². The molecule has 0 amide bonds. The molecule has 3 nitrogen and oxygen atoms in total. The first kappa shape index (κ1) is 15.7. The van der Waals surface area contributed by atoms with Crippen LogP contribution in [0.25, 0.3) is 0 Å². The van der Waals surface area contributed by atoms with Crippen molar-refractivity contribution in [3.8, 4) is 0 Å². The summed E-state index contributed by atoms with van der Waals surface area (Å²) in [4.78, 5) is 0. The van der Waals surface area contributed by atoms with Gasteiger partial charge in [0.15, 0.2) is 8.32 Å². The summed E-state index contributed by atoms with van der Waals surface area (Å²) >= 11 is 0. The van der Waals surface area contributed by atoms with E-state index in [9.17, 15) is 0 Å². The van der Waals surface area contributed by atoms with Crippen LogP contribution in [0.1, 0.15) is 6.92 Å². The van der Waals surface area contributed by atoms with E-state index in [2.05, 4.69) is 39.3 Å². The zero-order valence-corrected chi connectivity index (χ0v) is 13.9. The Morgan fingerprint density at radius 3 is 1.81 bits per heavy atom. The van der Waals surface area contributed by atoms with Gasteiger partial charge in [-0.1, -0.05) is 0 Å². The molecule has 0 heterocycles. The predicted octanol–water partition coefficient (Wildman–Crippen LogP) is 3.57. The van der Waals surface area contributed by atoms with E-state index in [1.165, 1.54) is 0 Å². The lowest BCUT2D eigenvalue weighted by atomic mass is 10.4. The van der Waals surface area contributed by atoms with Gasteiger partial charge in [0.1, 0.15) is 0 Å².